The molecule has 1 aromatic heterocycles. The molecule has 2 aliphatic rings. The molecule has 1 saturated heterocycles. The highest BCUT2D eigenvalue weighted by molar-refractivity contribution is 5.92. The number of anilines is 1. The van der Waals surface area contributed by atoms with Crippen LogP contribution in [0, 0.1) is 0 Å². The van der Waals surface area contributed by atoms with Gasteiger partial charge in [0.25, 0.3) is 5.91 Å². The fraction of sp³-hybridized carbons (Fsp3) is 0.444. The van der Waals surface area contributed by atoms with Gasteiger partial charge in [0.2, 0.25) is 0 Å². The average molecular weight is 311 g/mol. The van der Waals surface area contributed by atoms with E-state index in [1.807, 2.05) is 6.07 Å². The Labute approximate surface area is 135 Å². The Balaban J connectivity index is 1.36. The van der Waals surface area contributed by atoms with Crippen LogP contribution in [0.1, 0.15) is 47.8 Å². The Kier molecular flexibility index (Phi) is 3.77. The second kappa shape index (κ2) is 6.07. The first-order valence-electron chi connectivity index (χ1n) is 8.38. The van der Waals surface area contributed by atoms with Gasteiger partial charge in [0, 0.05) is 36.8 Å². The lowest BCUT2D eigenvalue weighted by atomic mass is 10.2. The molecule has 1 aliphatic carbocycles. The maximum absolute atomic E-state index is 12.2. The van der Waals surface area contributed by atoms with Crippen LogP contribution in [-0.4, -0.2) is 30.2 Å². The fourth-order valence-electron chi connectivity index (χ4n) is 3.26. The number of para-hydroxylation sites is 1. The molecule has 0 bridgehead atoms. The van der Waals surface area contributed by atoms with Gasteiger partial charge in [-0.3, -0.25) is 4.79 Å². The van der Waals surface area contributed by atoms with Crippen LogP contribution in [0.25, 0.3) is 0 Å². The van der Waals surface area contributed by atoms with Gasteiger partial charge < -0.3 is 14.7 Å². The highest BCUT2D eigenvalue weighted by atomic mass is 16.5. The molecule has 5 nitrogen and oxygen atoms in total. The van der Waals surface area contributed by atoms with Crippen LogP contribution in [0.15, 0.2) is 40.9 Å². The molecule has 1 amide bonds. The molecule has 1 N–H and O–H groups in total. The van der Waals surface area contributed by atoms with E-state index in [1.165, 1.54) is 5.69 Å². The highest BCUT2D eigenvalue weighted by Crippen LogP contribution is 2.40. The number of nitrogens with zero attached hydrogens (tertiary/aromatic N) is 2. The van der Waals surface area contributed by atoms with Gasteiger partial charge in [0.15, 0.2) is 5.69 Å². The van der Waals surface area contributed by atoms with Crippen LogP contribution in [0.4, 0.5) is 5.69 Å². The van der Waals surface area contributed by atoms with E-state index < -0.39 is 0 Å². The van der Waals surface area contributed by atoms with Gasteiger partial charge in [-0.15, -0.1) is 0 Å². The van der Waals surface area contributed by atoms with Gasteiger partial charge >= 0.3 is 0 Å². The molecular weight excluding hydrogens is 290 g/mol. The summed E-state index contributed by atoms with van der Waals surface area (Å²) in [4.78, 5) is 14.6. The Hall–Kier alpha value is -2.30. The molecule has 5 heteroatoms. The zero-order valence-electron chi connectivity index (χ0n) is 13.1. The molecule has 1 aromatic carbocycles. The summed E-state index contributed by atoms with van der Waals surface area (Å²) in [6.45, 7) is 1.68. The molecular formula is C18H21N3O2. The molecule has 1 atom stereocenters. The quantitative estimate of drug-likeness (QED) is 0.922. The van der Waals surface area contributed by atoms with E-state index in [-0.39, 0.29) is 5.91 Å². The van der Waals surface area contributed by atoms with Crippen molar-refractivity contribution in [1.82, 2.24) is 10.5 Å². The minimum Gasteiger partial charge on any atom is -0.367 e. The van der Waals surface area contributed by atoms with Gasteiger partial charge in [-0.25, -0.2) is 0 Å². The third-order valence-corrected chi connectivity index (χ3v) is 4.70. The number of carbonyl (C=O) groups excluding carboxylic acids is 1. The first kappa shape index (κ1) is 14.3. The lowest BCUT2D eigenvalue weighted by molar-refractivity contribution is 0.0942. The molecule has 2 fully saturated rings. The van der Waals surface area contributed by atoms with Gasteiger partial charge in [-0.1, -0.05) is 23.4 Å². The number of nitrogens with one attached hydrogen (secondary N) is 1. The predicted octanol–water partition coefficient (Wildman–Crippen LogP) is 2.95. The first-order valence-corrected chi connectivity index (χ1v) is 8.38. The normalized spacial score (nSPS) is 20.7. The van der Waals surface area contributed by atoms with Crippen LogP contribution in [0.2, 0.25) is 0 Å². The summed E-state index contributed by atoms with van der Waals surface area (Å²) in [5, 5.41) is 6.91. The maximum atomic E-state index is 12.2. The molecule has 1 unspecified atom stereocenters. The molecule has 2 aromatic rings. The smallest absolute Gasteiger partial charge is 0.273 e. The lowest BCUT2D eigenvalue weighted by Crippen LogP contribution is -2.40. The maximum Gasteiger partial charge on any atom is 0.273 e. The van der Waals surface area contributed by atoms with Crippen molar-refractivity contribution in [3.05, 3.63) is 47.9 Å². The standard InChI is InChI=1S/C18H21N3O2/c22-18(16-11-17(23-20-16)13-8-9-13)19-12-15-7-4-10-21(15)14-5-2-1-3-6-14/h1-3,5-6,11,13,15H,4,7-10,12H2,(H,19,22). The molecule has 1 saturated carbocycles. The highest BCUT2D eigenvalue weighted by Gasteiger charge is 2.29. The van der Waals surface area contributed by atoms with Crippen molar-refractivity contribution in [2.75, 3.05) is 18.0 Å². The van der Waals surface area contributed by atoms with E-state index in [1.54, 1.807) is 6.07 Å². The van der Waals surface area contributed by atoms with E-state index >= 15 is 0 Å². The van der Waals surface area contributed by atoms with E-state index in [2.05, 4.69) is 39.6 Å². The summed E-state index contributed by atoms with van der Waals surface area (Å²) in [5.41, 5.74) is 1.62. The summed E-state index contributed by atoms with van der Waals surface area (Å²) >= 11 is 0. The predicted molar refractivity (Wildman–Crippen MR) is 87.6 cm³/mol. The number of hydrogen-bond acceptors (Lipinski definition) is 4. The number of carbonyl (C=O) groups is 1. The van der Waals surface area contributed by atoms with E-state index in [0.29, 0.717) is 24.2 Å². The molecule has 1 aliphatic heterocycles. The SMILES string of the molecule is O=C(NCC1CCCN1c1ccccc1)c1cc(C2CC2)on1. The second-order valence-corrected chi connectivity index (χ2v) is 6.42. The van der Waals surface area contributed by atoms with Gasteiger partial charge in [0.05, 0.1) is 0 Å². The van der Waals surface area contributed by atoms with Crippen molar-refractivity contribution in [2.24, 2.45) is 0 Å². The third-order valence-electron chi connectivity index (χ3n) is 4.70. The van der Waals surface area contributed by atoms with Crippen molar-refractivity contribution < 1.29 is 9.32 Å². The minimum absolute atomic E-state index is 0.138. The van der Waals surface area contributed by atoms with Crippen LogP contribution in [-0.2, 0) is 0 Å². The molecule has 0 spiro atoms. The van der Waals surface area contributed by atoms with Gasteiger partial charge in [-0.05, 0) is 37.8 Å². The van der Waals surface area contributed by atoms with E-state index in [9.17, 15) is 4.79 Å². The number of rotatable bonds is 5. The van der Waals surface area contributed by atoms with Gasteiger partial charge in [-0.2, -0.15) is 0 Å². The first-order chi connectivity index (χ1) is 11.3. The summed E-state index contributed by atoms with van der Waals surface area (Å²) < 4.78 is 5.25. The Morgan fingerprint density at radius 2 is 2.09 bits per heavy atom. The molecule has 120 valence electrons. The molecule has 0 radical (unpaired) electrons. The molecule has 2 heterocycles. The second-order valence-electron chi connectivity index (χ2n) is 6.42. The van der Waals surface area contributed by atoms with E-state index in [4.69, 9.17) is 4.52 Å². The lowest BCUT2D eigenvalue weighted by Gasteiger charge is -2.26. The largest absolute Gasteiger partial charge is 0.367 e. The number of aromatic nitrogens is 1. The number of amides is 1. The number of hydrogen-bond donors (Lipinski definition) is 1. The van der Waals surface area contributed by atoms with Crippen LogP contribution in [0.5, 0.6) is 0 Å². The zero-order valence-corrected chi connectivity index (χ0v) is 13.1. The van der Waals surface area contributed by atoms with Crippen molar-refractivity contribution in [3.8, 4) is 0 Å². The van der Waals surface area contributed by atoms with Crippen LogP contribution < -0.4 is 10.2 Å². The van der Waals surface area contributed by atoms with Crippen LogP contribution in [0.3, 0.4) is 0 Å². The molecule has 23 heavy (non-hydrogen) atoms. The third kappa shape index (κ3) is 3.09. The average Bonchev–Trinajstić information content (AvgIpc) is 3.14. The minimum atomic E-state index is -0.138. The summed E-state index contributed by atoms with van der Waals surface area (Å²) in [6.07, 6.45) is 4.54. The Bertz CT molecular complexity index is 679. The van der Waals surface area contributed by atoms with Crippen molar-refractivity contribution in [2.45, 2.75) is 37.6 Å². The number of benzene rings is 1. The monoisotopic (exact) mass is 311 g/mol. The van der Waals surface area contributed by atoms with E-state index in [0.717, 1.165) is 38.0 Å². The topological polar surface area (TPSA) is 58.4 Å². The zero-order chi connectivity index (χ0) is 15.6. The van der Waals surface area contributed by atoms with Crippen LogP contribution >= 0.6 is 0 Å². The Morgan fingerprint density at radius 1 is 1.26 bits per heavy atom. The van der Waals surface area contributed by atoms with Crippen molar-refractivity contribution in [1.29, 1.82) is 0 Å². The summed E-state index contributed by atoms with van der Waals surface area (Å²) in [7, 11) is 0. The van der Waals surface area contributed by atoms with Crippen molar-refractivity contribution in [3.63, 3.8) is 0 Å². The summed E-state index contributed by atoms with van der Waals surface area (Å²) in [6, 6.07) is 12.5. The van der Waals surface area contributed by atoms with Crippen molar-refractivity contribution >= 4 is 11.6 Å². The summed E-state index contributed by atoms with van der Waals surface area (Å²) in [5.74, 6) is 1.19. The Morgan fingerprint density at radius 3 is 2.87 bits per heavy atom. The van der Waals surface area contributed by atoms with Gasteiger partial charge in [0.1, 0.15) is 5.76 Å². The molecule has 4 rings (SSSR count). The fourth-order valence-corrected chi connectivity index (χ4v) is 3.26.